The lowest BCUT2D eigenvalue weighted by Gasteiger charge is -2.28. The molecule has 6 heteroatoms. The van der Waals surface area contributed by atoms with Crippen molar-refractivity contribution in [2.24, 2.45) is 0 Å². The van der Waals surface area contributed by atoms with E-state index in [0.29, 0.717) is 10.4 Å². The summed E-state index contributed by atoms with van der Waals surface area (Å²) < 4.78 is 4.77. The van der Waals surface area contributed by atoms with Crippen LogP contribution < -0.4 is 4.90 Å². The van der Waals surface area contributed by atoms with Gasteiger partial charge in [0, 0.05) is 11.7 Å². The van der Waals surface area contributed by atoms with Crippen molar-refractivity contribution in [1.82, 2.24) is 4.98 Å². The summed E-state index contributed by atoms with van der Waals surface area (Å²) in [5.41, 5.74) is 2.90. The second-order valence-electron chi connectivity index (χ2n) is 6.53. The summed E-state index contributed by atoms with van der Waals surface area (Å²) in [4.78, 5) is 32.0. The fraction of sp³-hybridized carbons (Fsp3) is 0.450. The minimum absolute atomic E-state index is 0.0266. The lowest BCUT2D eigenvalue weighted by molar-refractivity contribution is 0.0600. The highest BCUT2D eigenvalue weighted by atomic mass is 32.1. The number of aryl methyl sites for hydroxylation is 3. The highest BCUT2D eigenvalue weighted by Crippen LogP contribution is 2.29. The van der Waals surface area contributed by atoms with Gasteiger partial charge in [0.25, 0.3) is 5.91 Å². The van der Waals surface area contributed by atoms with Gasteiger partial charge in [-0.3, -0.25) is 4.79 Å². The molecule has 0 unspecified atom stereocenters. The molecular formula is C20H26N2O3S. The molecular weight excluding hydrogens is 348 g/mol. The number of rotatable bonds is 6. The smallest absolute Gasteiger partial charge is 0.337 e. The summed E-state index contributed by atoms with van der Waals surface area (Å²) in [5.74, 6) is -0.434. The van der Waals surface area contributed by atoms with Crippen LogP contribution in [0.25, 0.3) is 0 Å². The molecule has 2 rings (SSSR count). The van der Waals surface area contributed by atoms with Gasteiger partial charge < -0.3 is 9.64 Å². The van der Waals surface area contributed by atoms with E-state index in [0.717, 1.165) is 34.8 Å². The Morgan fingerprint density at radius 2 is 1.96 bits per heavy atom. The van der Waals surface area contributed by atoms with Gasteiger partial charge >= 0.3 is 5.97 Å². The molecule has 0 saturated heterocycles. The molecule has 26 heavy (non-hydrogen) atoms. The predicted molar refractivity (Wildman–Crippen MR) is 105 cm³/mol. The number of amides is 1. The summed E-state index contributed by atoms with van der Waals surface area (Å²) >= 11 is 1.47. The molecule has 0 aliphatic rings. The van der Waals surface area contributed by atoms with E-state index in [-0.39, 0.29) is 17.9 Å². The molecule has 140 valence electrons. The first-order chi connectivity index (χ1) is 12.3. The van der Waals surface area contributed by atoms with E-state index in [9.17, 15) is 9.59 Å². The molecule has 0 radical (unpaired) electrons. The van der Waals surface area contributed by atoms with Gasteiger partial charge in [0.1, 0.15) is 4.88 Å². The summed E-state index contributed by atoms with van der Waals surface area (Å²) in [6.07, 6.45) is 1.88. The van der Waals surface area contributed by atoms with Gasteiger partial charge in [-0.1, -0.05) is 6.92 Å². The fourth-order valence-electron chi connectivity index (χ4n) is 2.87. The third kappa shape index (κ3) is 4.12. The number of carbonyl (C=O) groups is 2. The Morgan fingerprint density at radius 3 is 2.50 bits per heavy atom. The van der Waals surface area contributed by atoms with Crippen LogP contribution in [-0.4, -0.2) is 30.0 Å². The van der Waals surface area contributed by atoms with E-state index < -0.39 is 0 Å². The van der Waals surface area contributed by atoms with Gasteiger partial charge in [0.2, 0.25) is 0 Å². The van der Waals surface area contributed by atoms with Crippen LogP contribution in [0.2, 0.25) is 0 Å². The predicted octanol–water partition coefficient (Wildman–Crippen LogP) is 4.55. The van der Waals surface area contributed by atoms with E-state index in [1.165, 1.54) is 18.4 Å². The van der Waals surface area contributed by atoms with Crippen LogP contribution in [0, 0.1) is 13.8 Å². The zero-order chi connectivity index (χ0) is 19.4. The number of methoxy groups -OCH3 is 1. The number of anilines is 1. The van der Waals surface area contributed by atoms with Crippen molar-refractivity contribution >= 4 is 28.9 Å². The highest BCUT2D eigenvalue weighted by Gasteiger charge is 2.26. The summed E-state index contributed by atoms with van der Waals surface area (Å²) in [6, 6.07) is 5.23. The zero-order valence-electron chi connectivity index (χ0n) is 16.3. The van der Waals surface area contributed by atoms with Crippen molar-refractivity contribution in [3.05, 3.63) is 44.9 Å². The molecule has 0 fully saturated rings. The Bertz CT molecular complexity index is 811. The van der Waals surface area contributed by atoms with Crippen molar-refractivity contribution in [2.45, 2.75) is 53.5 Å². The number of thiazole rings is 1. The first-order valence-electron chi connectivity index (χ1n) is 8.78. The number of ether oxygens (including phenoxy) is 1. The van der Waals surface area contributed by atoms with Gasteiger partial charge in [-0.25, -0.2) is 9.78 Å². The van der Waals surface area contributed by atoms with Crippen LogP contribution in [0.15, 0.2) is 18.2 Å². The quantitative estimate of drug-likeness (QED) is 0.696. The average molecular weight is 375 g/mol. The van der Waals surface area contributed by atoms with Crippen LogP contribution in [-0.2, 0) is 11.2 Å². The molecule has 0 aliphatic heterocycles. The lowest BCUT2D eigenvalue weighted by atomic mass is 10.1. The molecule has 1 amide bonds. The van der Waals surface area contributed by atoms with E-state index in [4.69, 9.17) is 4.74 Å². The lowest BCUT2D eigenvalue weighted by Crippen LogP contribution is -2.37. The van der Waals surface area contributed by atoms with Crippen LogP contribution in [0.4, 0.5) is 5.69 Å². The van der Waals surface area contributed by atoms with Crippen LogP contribution in [0.3, 0.4) is 0 Å². The molecule has 0 saturated carbocycles. The monoisotopic (exact) mass is 374 g/mol. The highest BCUT2D eigenvalue weighted by molar-refractivity contribution is 7.14. The molecule has 0 aliphatic carbocycles. The van der Waals surface area contributed by atoms with Crippen molar-refractivity contribution in [2.75, 3.05) is 12.0 Å². The molecule has 2 aromatic rings. The number of hydrogen-bond acceptors (Lipinski definition) is 5. The number of carbonyl (C=O) groups excluding carboxylic acids is 2. The molecule has 0 bridgehead atoms. The molecule has 5 nitrogen and oxygen atoms in total. The molecule has 1 aromatic carbocycles. The van der Waals surface area contributed by atoms with Gasteiger partial charge in [0.15, 0.2) is 0 Å². The average Bonchev–Trinajstić information content (AvgIpc) is 2.96. The minimum atomic E-state index is -0.385. The Morgan fingerprint density at radius 1 is 1.27 bits per heavy atom. The Hall–Kier alpha value is -2.21. The fourth-order valence-corrected chi connectivity index (χ4v) is 3.98. The maximum atomic E-state index is 13.3. The van der Waals surface area contributed by atoms with E-state index in [1.54, 1.807) is 17.0 Å². The van der Waals surface area contributed by atoms with Crippen molar-refractivity contribution in [3.8, 4) is 0 Å². The van der Waals surface area contributed by atoms with E-state index in [1.807, 2.05) is 33.8 Å². The molecule has 1 aromatic heterocycles. The molecule has 0 N–H and O–H groups in total. The molecule has 0 spiro atoms. The van der Waals surface area contributed by atoms with Gasteiger partial charge in [0.05, 0.1) is 23.4 Å². The molecule has 1 heterocycles. The van der Waals surface area contributed by atoms with Crippen molar-refractivity contribution in [1.29, 1.82) is 0 Å². The van der Waals surface area contributed by atoms with Crippen molar-refractivity contribution < 1.29 is 14.3 Å². The SMILES string of the molecule is CCCc1nc(C)c(C(=O)N(c2ccc(C(=O)OC)cc2C)C(C)C)s1. The van der Waals surface area contributed by atoms with E-state index in [2.05, 4.69) is 11.9 Å². The standard InChI is InChI=1S/C20H26N2O3S/c1-7-8-17-21-14(5)18(26-17)19(23)22(12(2)3)16-10-9-15(11-13(16)4)20(24)25-6/h9-12H,7-8H2,1-6H3. The Balaban J connectivity index is 2.43. The third-order valence-electron chi connectivity index (χ3n) is 4.11. The van der Waals surface area contributed by atoms with E-state index >= 15 is 0 Å². The van der Waals surface area contributed by atoms with Crippen LogP contribution in [0.5, 0.6) is 0 Å². The number of hydrogen-bond donors (Lipinski definition) is 0. The second-order valence-corrected chi connectivity index (χ2v) is 7.62. The summed E-state index contributed by atoms with van der Waals surface area (Å²) in [5, 5.41) is 0.995. The van der Waals surface area contributed by atoms with Gasteiger partial charge in [-0.05, 0) is 64.3 Å². The Labute approximate surface area is 159 Å². The zero-order valence-corrected chi connectivity index (χ0v) is 17.1. The van der Waals surface area contributed by atoms with Gasteiger partial charge in [-0.2, -0.15) is 0 Å². The maximum Gasteiger partial charge on any atom is 0.337 e. The topological polar surface area (TPSA) is 59.5 Å². The summed E-state index contributed by atoms with van der Waals surface area (Å²) in [7, 11) is 1.36. The normalized spacial score (nSPS) is 10.9. The number of esters is 1. The number of aromatic nitrogens is 1. The van der Waals surface area contributed by atoms with Gasteiger partial charge in [-0.15, -0.1) is 11.3 Å². The van der Waals surface area contributed by atoms with Crippen LogP contribution >= 0.6 is 11.3 Å². The number of benzene rings is 1. The minimum Gasteiger partial charge on any atom is -0.465 e. The largest absolute Gasteiger partial charge is 0.465 e. The second kappa shape index (κ2) is 8.45. The Kier molecular flexibility index (Phi) is 6.53. The first-order valence-corrected chi connectivity index (χ1v) is 9.60. The maximum absolute atomic E-state index is 13.3. The third-order valence-corrected chi connectivity index (χ3v) is 5.32. The summed E-state index contributed by atoms with van der Waals surface area (Å²) in [6.45, 7) is 9.84. The first kappa shape index (κ1) is 20.1. The molecule has 0 atom stereocenters. The van der Waals surface area contributed by atoms with Crippen LogP contribution in [0.1, 0.15) is 63.5 Å². The van der Waals surface area contributed by atoms with Crippen molar-refractivity contribution in [3.63, 3.8) is 0 Å². The number of nitrogens with zero attached hydrogens (tertiary/aromatic N) is 2.